The van der Waals surface area contributed by atoms with Crippen molar-refractivity contribution in [2.24, 2.45) is 0 Å². The van der Waals surface area contributed by atoms with Crippen LogP contribution in [0.2, 0.25) is 0 Å². The Morgan fingerprint density at radius 3 is 2.74 bits per heavy atom. The maximum absolute atomic E-state index is 13.9. The highest BCUT2D eigenvalue weighted by molar-refractivity contribution is 6.11. The van der Waals surface area contributed by atoms with Gasteiger partial charge in [0.2, 0.25) is 0 Å². The lowest BCUT2D eigenvalue weighted by Crippen LogP contribution is -2.36. The van der Waals surface area contributed by atoms with Crippen LogP contribution in [0.15, 0.2) is 48.9 Å². The normalized spacial score (nSPS) is 13.9. The number of anilines is 1. The minimum Gasteiger partial charge on any atom is -0.303 e. The van der Waals surface area contributed by atoms with Gasteiger partial charge in [0.05, 0.1) is 11.7 Å². The van der Waals surface area contributed by atoms with Gasteiger partial charge in [-0.1, -0.05) is 6.07 Å². The minimum atomic E-state index is -0.959. The Bertz CT molecular complexity index is 1280. The number of nitrogens with zero attached hydrogens (tertiary/aromatic N) is 4. The fourth-order valence-corrected chi connectivity index (χ4v) is 3.57. The SMILES string of the molecule is O=C(Nc1ncc(F)cc1F)c1n[nH]c2ccc(-c3cncc(CN4CCC4)c3)cc12. The molecule has 31 heavy (non-hydrogen) atoms. The maximum Gasteiger partial charge on any atom is 0.278 e. The number of hydrogen-bond donors (Lipinski definition) is 2. The molecule has 3 aromatic heterocycles. The van der Waals surface area contributed by atoms with Gasteiger partial charge >= 0.3 is 0 Å². The van der Waals surface area contributed by atoms with Gasteiger partial charge in [0.25, 0.3) is 5.91 Å². The van der Waals surface area contributed by atoms with Crippen LogP contribution in [-0.4, -0.2) is 44.1 Å². The van der Waals surface area contributed by atoms with E-state index in [4.69, 9.17) is 0 Å². The van der Waals surface area contributed by atoms with E-state index in [9.17, 15) is 13.6 Å². The van der Waals surface area contributed by atoms with E-state index in [1.807, 2.05) is 24.4 Å². The van der Waals surface area contributed by atoms with E-state index < -0.39 is 17.5 Å². The number of amides is 1. The number of halogens is 2. The second-order valence-corrected chi connectivity index (χ2v) is 7.48. The van der Waals surface area contributed by atoms with Gasteiger partial charge in [-0.25, -0.2) is 13.8 Å². The first-order valence-electron chi connectivity index (χ1n) is 9.84. The molecule has 0 bridgehead atoms. The molecule has 7 nitrogen and oxygen atoms in total. The number of benzene rings is 1. The number of fused-ring (bicyclic) bond motifs is 1. The minimum absolute atomic E-state index is 0.0899. The third kappa shape index (κ3) is 3.87. The maximum atomic E-state index is 13.9. The number of carbonyl (C=O) groups is 1. The fourth-order valence-electron chi connectivity index (χ4n) is 3.57. The zero-order valence-corrected chi connectivity index (χ0v) is 16.4. The van der Waals surface area contributed by atoms with E-state index in [0.717, 1.165) is 42.5 Å². The van der Waals surface area contributed by atoms with E-state index in [1.54, 1.807) is 6.20 Å². The van der Waals surface area contributed by atoms with Crippen molar-refractivity contribution >= 4 is 22.6 Å². The summed E-state index contributed by atoms with van der Waals surface area (Å²) in [5.74, 6) is -2.79. The van der Waals surface area contributed by atoms with Crippen LogP contribution in [0, 0.1) is 11.6 Å². The standard InChI is InChI=1S/C22H18F2N6O/c23-16-8-18(24)21(26-11-16)27-22(31)20-17-7-14(2-3-19(17)28-29-20)15-6-13(9-25-10-15)12-30-4-1-5-30/h2-3,6-11H,1,4-5,12H2,(H,28,29)(H,26,27,31). The van der Waals surface area contributed by atoms with Crippen LogP contribution < -0.4 is 5.32 Å². The second-order valence-electron chi connectivity index (χ2n) is 7.48. The van der Waals surface area contributed by atoms with Crippen LogP contribution in [0.4, 0.5) is 14.6 Å². The number of H-pyrrole nitrogens is 1. The Kier molecular flexibility index (Phi) is 4.87. The molecule has 1 aliphatic rings. The second kappa shape index (κ2) is 7.84. The van der Waals surface area contributed by atoms with Crippen LogP contribution in [-0.2, 0) is 6.54 Å². The zero-order chi connectivity index (χ0) is 21.4. The topological polar surface area (TPSA) is 86.8 Å². The monoisotopic (exact) mass is 420 g/mol. The summed E-state index contributed by atoms with van der Waals surface area (Å²) in [7, 11) is 0. The highest BCUT2D eigenvalue weighted by Crippen LogP contribution is 2.27. The van der Waals surface area contributed by atoms with Crippen LogP contribution in [0.25, 0.3) is 22.0 Å². The Morgan fingerprint density at radius 2 is 1.97 bits per heavy atom. The Labute approximate surface area is 176 Å². The molecule has 1 saturated heterocycles. The first-order chi connectivity index (χ1) is 15.1. The van der Waals surface area contributed by atoms with E-state index in [1.165, 1.54) is 6.42 Å². The summed E-state index contributed by atoms with van der Waals surface area (Å²) >= 11 is 0. The van der Waals surface area contributed by atoms with Crippen LogP contribution >= 0.6 is 0 Å². The summed E-state index contributed by atoms with van der Waals surface area (Å²) in [5.41, 5.74) is 3.68. The average Bonchev–Trinajstić information content (AvgIpc) is 3.16. The zero-order valence-electron chi connectivity index (χ0n) is 16.4. The number of nitrogens with one attached hydrogen (secondary N) is 2. The number of likely N-dealkylation sites (tertiary alicyclic amines) is 1. The van der Waals surface area contributed by atoms with Gasteiger partial charge in [-0.05, 0) is 48.8 Å². The first kappa shape index (κ1) is 19.3. The van der Waals surface area contributed by atoms with Gasteiger partial charge < -0.3 is 5.32 Å². The van der Waals surface area contributed by atoms with E-state index in [2.05, 4.69) is 36.4 Å². The molecule has 0 spiro atoms. The molecule has 156 valence electrons. The predicted octanol–water partition coefficient (Wildman–Crippen LogP) is 3.76. The summed E-state index contributed by atoms with van der Waals surface area (Å²) < 4.78 is 26.9. The summed E-state index contributed by atoms with van der Waals surface area (Å²) in [5, 5.41) is 9.79. The number of rotatable bonds is 5. The smallest absolute Gasteiger partial charge is 0.278 e. The lowest BCUT2D eigenvalue weighted by Gasteiger charge is -2.30. The molecule has 1 aliphatic heterocycles. The number of aromatic nitrogens is 4. The Hall–Kier alpha value is -3.72. The molecule has 1 fully saturated rings. The molecule has 4 aromatic rings. The molecule has 2 N–H and O–H groups in total. The van der Waals surface area contributed by atoms with Gasteiger partial charge in [0, 0.05) is 36.0 Å². The molecule has 1 aromatic carbocycles. The van der Waals surface area contributed by atoms with Crippen LogP contribution in [0.1, 0.15) is 22.5 Å². The number of carbonyl (C=O) groups excluding carboxylic acids is 1. The lowest BCUT2D eigenvalue weighted by atomic mass is 10.0. The molecule has 1 amide bonds. The molecule has 0 aliphatic carbocycles. The molecule has 0 unspecified atom stereocenters. The molecule has 0 radical (unpaired) electrons. The first-order valence-corrected chi connectivity index (χ1v) is 9.84. The molecule has 0 atom stereocenters. The Balaban J connectivity index is 1.44. The highest BCUT2D eigenvalue weighted by atomic mass is 19.1. The highest BCUT2D eigenvalue weighted by Gasteiger charge is 2.18. The van der Waals surface area contributed by atoms with Gasteiger partial charge in [0.1, 0.15) is 5.82 Å². The van der Waals surface area contributed by atoms with Crippen LogP contribution in [0.3, 0.4) is 0 Å². The third-order valence-corrected chi connectivity index (χ3v) is 5.30. The van der Waals surface area contributed by atoms with E-state index >= 15 is 0 Å². The van der Waals surface area contributed by atoms with Gasteiger partial charge in [-0.3, -0.25) is 19.8 Å². The summed E-state index contributed by atoms with van der Waals surface area (Å²) in [4.78, 5) is 23.0. The van der Waals surface area contributed by atoms with Gasteiger partial charge in [-0.15, -0.1) is 0 Å². The van der Waals surface area contributed by atoms with Crippen molar-refractivity contribution in [3.05, 3.63) is 71.8 Å². The summed E-state index contributed by atoms with van der Waals surface area (Å²) in [6.07, 6.45) is 5.70. The number of hydrogen-bond acceptors (Lipinski definition) is 5. The van der Waals surface area contributed by atoms with E-state index in [0.29, 0.717) is 17.0 Å². The van der Waals surface area contributed by atoms with Crippen molar-refractivity contribution in [3.63, 3.8) is 0 Å². The quantitative estimate of drug-likeness (QED) is 0.514. The summed E-state index contributed by atoms with van der Waals surface area (Å²) in [6.45, 7) is 3.07. The molecule has 4 heterocycles. The molecule has 9 heteroatoms. The van der Waals surface area contributed by atoms with Crippen LogP contribution in [0.5, 0.6) is 0 Å². The van der Waals surface area contributed by atoms with Crippen molar-refractivity contribution in [3.8, 4) is 11.1 Å². The predicted molar refractivity (Wildman–Crippen MR) is 111 cm³/mol. The lowest BCUT2D eigenvalue weighted by molar-refractivity contribution is 0.102. The number of aromatic amines is 1. The van der Waals surface area contributed by atoms with E-state index in [-0.39, 0.29) is 11.5 Å². The van der Waals surface area contributed by atoms with Crippen molar-refractivity contribution in [2.45, 2.75) is 13.0 Å². The average molecular weight is 420 g/mol. The number of pyridine rings is 2. The molecule has 0 saturated carbocycles. The molecule has 5 rings (SSSR count). The Morgan fingerprint density at radius 1 is 1.10 bits per heavy atom. The van der Waals surface area contributed by atoms with Crippen molar-refractivity contribution in [1.82, 2.24) is 25.1 Å². The van der Waals surface area contributed by atoms with Gasteiger partial charge in [-0.2, -0.15) is 5.10 Å². The molecular formula is C22H18F2N6O. The summed E-state index contributed by atoms with van der Waals surface area (Å²) in [6, 6.07) is 8.33. The van der Waals surface area contributed by atoms with Gasteiger partial charge in [0.15, 0.2) is 17.3 Å². The van der Waals surface area contributed by atoms with Crippen molar-refractivity contribution < 1.29 is 13.6 Å². The molecular weight excluding hydrogens is 402 g/mol. The largest absolute Gasteiger partial charge is 0.303 e. The third-order valence-electron chi connectivity index (χ3n) is 5.30. The fraction of sp³-hybridized carbons (Fsp3) is 0.182. The van der Waals surface area contributed by atoms with Crippen molar-refractivity contribution in [1.29, 1.82) is 0 Å². The van der Waals surface area contributed by atoms with Crippen molar-refractivity contribution in [2.75, 3.05) is 18.4 Å².